The lowest BCUT2D eigenvalue weighted by Crippen LogP contribution is -2.05. The van der Waals surface area contributed by atoms with Crippen molar-refractivity contribution in [2.45, 2.75) is 6.10 Å². The van der Waals surface area contributed by atoms with Crippen molar-refractivity contribution in [3.8, 4) is 11.8 Å². The monoisotopic (exact) mass is 264 g/mol. The number of carbonyl (C=O) groups is 1. The van der Waals surface area contributed by atoms with Gasteiger partial charge in [0.1, 0.15) is 12.7 Å². The van der Waals surface area contributed by atoms with E-state index in [1.807, 2.05) is 6.07 Å². The van der Waals surface area contributed by atoms with E-state index < -0.39 is 12.1 Å². The molecular formula is C14H13ClO3. The number of esters is 1. The Bertz CT molecular complexity index is 457. The van der Waals surface area contributed by atoms with Crippen molar-refractivity contribution in [3.05, 3.63) is 48.0 Å². The van der Waals surface area contributed by atoms with Crippen LogP contribution in [-0.2, 0) is 4.74 Å². The molecule has 1 atom stereocenters. The van der Waals surface area contributed by atoms with Crippen LogP contribution in [-0.4, -0.2) is 29.7 Å². The van der Waals surface area contributed by atoms with Crippen LogP contribution in [0.2, 0.25) is 0 Å². The number of ether oxygens (including phenoxy) is 1. The van der Waals surface area contributed by atoms with Gasteiger partial charge in [-0.05, 0) is 24.3 Å². The molecule has 0 aliphatic carbocycles. The first-order valence-electron chi connectivity index (χ1n) is 5.35. The summed E-state index contributed by atoms with van der Waals surface area (Å²) in [4.78, 5) is 11.5. The number of hydrogen-bond donors (Lipinski definition) is 1. The molecule has 0 amide bonds. The Kier molecular flexibility index (Phi) is 6.63. The van der Waals surface area contributed by atoms with E-state index in [0.29, 0.717) is 5.56 Å². The lowest BCUT2D eigenvalue weighted by molar-refractivity contribution is 0.0548. The third-order valence-corrected chi connectivity index (χ3v) is 2.09. The van der Waals surface area contributed by atoms with Crippen LogP contribution in [0, 0.1) is 11.8 Å². The van der Waals surface area contributed by atoms with Crippen molar-refractivity contribution in [2.75, 3.05) is 12.5 Å². The maximum atomic E-state index is 11.5. The van der Waals surface area contributed by atoms with Gasteiger partial charge in [-0.15, -0.1) is 11.6 Å². The molecule has 1 aromatic rings. The molecule has 0 radical (unpaired) electrons. The first-order chi connectivity index (χ1) is 8.74. The average molecular weight is 265 g/mol. The molecule has 1 unspecified atom stereocenters. The number of alkyl halides is 1. The average Bonchev–Trinajstić information content (AvgIpc) is 2.42. The standard InChI is InChI=1S/C14H13ClO3/c15-10-4-8-13(16)9-5-11-18-14(17)12-6-2-1-3-7-12/h1-3,5-7,9,13,16H,10-11H2/b9-5+. The maximum absolute atomic E-state index is 11.5. The Labute approximate surface area is 111 Å². The van der Waals surface area contributed by atoms with Crippen LogP contribution in [0.3, 0.4) is 0 Å². The highest BCUT2D eigenvalue weighted by Gasteiger charge is 2.03. The van der Waals surface area contributed by atoms with Gasteiger partial charge in [-0.2, -0.15) is 0 Å². The minimum Gasteiger partial charge on any atom is -0.458 e. The van der Waals surface area contributed by atoms with Gasteiger partial charge in [0.25, 0.3) is 0 Å². The highest BCUT2D eigenvalue weighted by atomic mass is 35.5. The Hall–Kier alpha value is -1.76. The summed E-state index contributed by atoms with van der Waals surface area (Å²) in [6.07, 6.45) is 2.09. The molecule has 0 heterocycles. The molecule has 0 aromatic heterocycles. The second kappa shape index (κ2) is 8.35. The molecule has 1 rings (SSSR count). The summed E-state index contributed by atoms with van der Waals surface area (Å²) < 4.78 is 4.97. The van der Waals surface area contributed by atoms with E-state index in [9.17, 15) is 9.90 Å². The fraction of sp³-hybridized carbons (Fsp3) is 0.214. The molecule has 94 valence electrons. The molecular weight excluding hydrogens is 252 g/mol. The summed E-state index contributed by atoms with van der Waals surface area (Å²) in [7, 11) is 0. The van der Waals surface area contributed by atoms with Gasteiger partial charge in [0, 0.05) is 0 Å². The number of carbonyl (C=O) groups excluding carboxylic acids is 1. The molecule has 18 heavy (non-hydrogen) atoms. The summed E-state index contributed by atoms with van der Waals surface area (Å²) >= 11 is 5.34. The van der Waals surface area contributed by atoms with Gasteiger partial charge in [-0.1, -0.05) is 30.0 Å². The number of hydrogen-bond acceptors (Lipinski definition) is 3. The first kappa shape index (κ1) is 14.3. The summed E-state index contributed by atoms with van der Waals surface area (Å²) in [6, 6.07) is 8.69. The van der Waals surface area contributed by atoms with Crippen LogP contribution in [0.15, 0.2) is 42.5 Å². The fourth-order valence-electron chi connectivity index (χ4n) is 1.16. The molecule has 0 aliphatic heterocycles. The normalized spacial score (nSPS) is 11.7. The second-order valence-electron chi connectivity index (χ2n) is 3.29. The van der Waals surface area contributed by atoms with Crippen LogP contribution in [0.1, 0.15) is 10.4 Å². The predicted molar refractivity (Wildman–Crippen MR) is 70.4 cm³/mol. The maximum Gasteiger partial charge on any atom is 0.338 e. The highest BCUT2D eigenvalue weighted by Crippen LogP contribution is 2.00. The van der Waals surface area contributed by atoms with Crippen molar-refractivity contribution >= 4 is 17.6 Å². The molecule has 0 spiro atoms. The van der Waals surface area contributed by atoms with Crippen molar-refractivity contribution in [3.63, 3.8) is 0 Å². The topological polar surface area (TPSA) is 46.5 Å². The van der Waals surface area contributed by atoms with E-state index in [1.165, 1.54) is 12.2 Å². The third-order valence-electron chi connectivity index (χ3n) is 1.96. The summed E-state index contributed by atoms with van der Waals surface area (Å²) in [5.41, 5.74) is 0.494. The van der Waals surface area contributed by atoms with Gasteiger partial charge >= 0.3 is 5.97 Å². The SMILES string of the molecule is O=C(OC/C=C/C(O)C#CCCl)c1ccccc1. The summed E-state index contributed by atoms with van der Waals surface area (Å²) in [5, 5.41) is 9.30. The number of aliphatic hydroxyl groups is 1. The lowest BCUT2D eigenvalue weighted by Gasteiger charge is -2.01. The van der Waals surface area contributed by atoms with Crippen molar-refractivity contribution in [2.24, 2.45) is 0 Å². The molecule has 0 bridgehead atoms. The van der Waals surface area contributed by atoms with Crippen LogP contribution < -0.4 is 0 Å². The zero-order chi connectivity index (χ0) is 13.2. The molecule has 1 aromatic carbocycles. The first-order valence-corrected chi connectivity index (χ1v) is 5.88. The predicted octanol–water partition coefficient (Wildman–Crippen LogP) is 2.00. The smallest absolute Gasteiger partial charge is 0.338 e. The zero-order valence-corrected chi connectivity index (χ0v) is 10.4. The molecule has 0 fully saturated rings. The number of benzene rings is 1. The van der Waals surface area contributed by atoms with Gasteiger partial charge in [0.15, 0.2) is 0 Å². The third kappa shape index (κ3) is 5.53. The minimum atomic E-state index is -0.890. The molecule has 4 heteroatoms. The van der Waals surface area contributed by atoms with Crippen molar-refractivity contribution in [1.82, 2.24) is 0 Å². The van der Waals surface area contributed by atoms with Gasteiger partial charge < -0.3 is 9.84 Å². The number of halogens is 1. The summed E-state index contributed by atoms with van der Waals surface area (Å²) in [5.74, 6) is 4.80. The molecule has 0 aliphatic rings. The molecule has 0 saturated heterocycles. The van der Waals surface area contributed by atoms with Crippen LogP contribution in [0.25, 0.3) is 0 Å². The molecule has 3 nitrogen and oxygen atoms in total. The largest absolute Gasteiger partial charge is 0.458 e. The number of aliphatic hydroxyl groups excluding tert-OH is 1. The number of rotatable bonds is 4. The Morgan fingerprint density at radius 3 is 2.83 bits per heavy atom. The Morgan fingerprint density at radius 2 is 2.17 bits per heavy atom. The van der Waals surface area contributed by atoms with Crippen LogP contribution in [0.5, 0.6) is 0 Å². The van der Waals surface area contributed by atoms with E-state index in [-0.39, 0.29) is 12.5 Å². The van der Waals surface area contributed by atoms with E-state index in [0.717, 1.165) is 0 Å². The van der Waals surface area contributed by atoms with E-state index in [2.05, 4.69) is 11.8 Å². The van der Waals surface area contributed by atoms with Crippen molar-refractivity contribution < 1.29 is 14.6 Å². The Balaban J connectivity index is 2.34. The van der Waals surface area contributed by atoms with E-state index in [1.54, 1.807) is 24.3 Å². The highest BCUT2D eigenvalue weighted by molar-refractivity contribution is 6.19. The van der Waals surface area contributed by atoms with Gasteiger partial charge in [0.05, 0.1) is 11.4 Å². The van der Waals surface area contributed by atoms with Gasteiger partial charge in [-0.25, -0.2) is 4.79 Å². The summed E-state index contributed by atoms with van der Waals surface area (Å²) in [6.45, 7) is 0.0906. The van der Waals surface area contributed by atoms with Crippen LogP contribution in [0.4, 0.5) is 0 Å². The van der Waals surface area contributed by atoms with E-state index >= 15 is 0 Å². The van der Waals surface area contributed by atoms with Crippen molar-refractivity contribution in [1.29, 1.82) is 0 Å². The van der Waals surface area contributed by atoms with Crippen LogP contribution >= 0.6 is 11.6 Å². The fourth-order valence-corrected chi connectivity index (χ4v) is 1.23. The second-order valence-corrected chi connectivity index (χ2v) is 3.56. The molecule has 0 saturated carbocycles. The van der Waals surface area contributed by atoms with E-state index in [4.69, 9.17) is 16.3 Å². The quantitative estimate of drug-likeness (QED) is 0.392. The zero-order valence-electron chi connectivity index (χ0n) is 9.67. The molecule has 1 N–H and O–H groups in total. The lowest BCUT2D eigenvalue weighted by atomic mass is 10.2. The van der Waals surface area contributed by atoms with Gasteiger partial charge in [0.2, 0.25) is 0 Å². The van der Waals surface area contributed by atoms with Gasteiger partial charge in [-0.3, -0.25) is 0 Å². The minimum absolute atomic E-state index is 0.0906. The Morgan fingerprint density at radius 1 is 1.44 bits per heavy atom.